The van der Waals surface area contributed by atoms with E-state index in [-0.39, 0.29) is 0 Å². The van der Waals surface area contributed by atoms with Crippen molar-refractivity contribution in [2.24, 2.45) is 5.84 Å². The predicted molar refractivity (Wildman–Crippen MR) is 105 cm³/mol. The molecule has 0 unspecified atom stereocenters. The quantitative estimate of drug-likeness (QED) is 0.366. The summed E-state index contributed by atoms with van der Waals surface area (Å²) < 4.78 is 5.17. The number of nitrogens with one attached hydrogen (secondary N) is 3. The van der Waals surface area contributed by atoms with Gasteiger partial charge in [0, 0.05) is 18.3 Å². The van der Waals surface area contributed by atoms with E-state index in [0.717, 1.165) is 24.4 Å². The molecule has 3 rings (SSSR count). The first-order valence-corrected chi connectivity index (χ1v) is 8.31. The lowest BCUT2D eigenvalue weighted by molar-refractivity contribution is 0.414. The Kier molecular flexibility index (Phi) is 5.84. The van der Waals surface area contributed by atoms with Crippen molar-refractivity contribution in [2.45, 2.75) is 6.42 Å². The Balaban J connectivity index is 1.63. The fourth-order valence-corrected chi connectivity index (χ4v) is 2.45. The monoisotopic (exact) mass is 350 g/mol. The van der Waals surface area contributed by atoms with Gasteiger partial charge in [0.1, 0.15) is 17.4 Å². The summed E-state index contributed by atoms with van der Waals surface area (Å²) in [6.07, 6.45) is 0.862. The molecule has 2 aromatic carbocycles. The van der Waals surface area contributed by atoms with Crippen LogP contribution in [-0.2, 0) is 6.42 Å². The van der Waals surface area contributed by atoms with Crippen molar-refractivity contribution < 1.29 is 4.74 Å². The Hall–Kier alpha value is -3.32. The summed E-state index contributed by atoms with van der Waals surface area (Å²) in [5, 5.41) is 6.47. The van der Waals surface area contributed by atoms with Gasteiger partial charge in [0.25, 0.3) is 0 Å². The van der Waals surface area contributed by atoms with E-state index in [1.54, 1.807) is 13.2 Å². The number of para-hydroxylation sites is 1. The van der Waals surface area contributed by atoms with Gasteiger partial charge in [0.05, 0.1) is 7.11 Å². The smallest absolute Gasteiger partial charge is 0.231 e. The Morgan fingerprint density at radius 3 is 2.38 bits per heavy atom. The molecule has 0 spiro atoms. The molecular weight excluding hydrogens is 328 g/mol. The third-order valence-electron chi connectivity index (χ3n) is 3.78. The number of ether oxygens (including phenoxy) is 1. The first kappa shape index (κ1) is 17.5. The summed E-state index contributed by atoms with van der Waals surface area (Å²) in [5.41, 5.74) is 4.69. The number of hydrogen-bond donors (Lipinski definition) is 4. The summed E-state index contributed by atoms with van der Waals surface area (Å²) in [7, 11) is 1.66. The molecule has 0 bridgehead atoms. The van der Waals surface area contributed by atoms with Crippen LogP contribution in [0.3, 0.4) is 0 Å². The summed E-state index contributed by atoms with van der Waals surface area (Å²) in [4.78, 5) is 8.81. The molecule has 0 fully saturated rings. The normalized spacial score (nSPS) is 10.2. The molecule has 26 heavy (non-hydrogen) atoms. The van der Waals surface area contributed by atoms with Gasteiger partial charge in [0.2, 0.25) is 5.95 Å². The molecule has 3 aromatic rings. The highest BCUT2D eigenvalue weighted by Crippen LogP contribution is 2.18. The predicted octanol–water partition coefficient (Wildman–Crippen LogP) is 3.17. The molecule has 134 valence electrons. The Bertz CT molecular complexity index is 823. The number of nitrogens with two attached hydrogens (primary N) is 1. The second kappa shape index (κ2) is 8.68. The molecule has 0 atom stereocenters. The zero-order valence-electron chi connectivity index (χ0n) is 14.6. The third-order valence-corrected chi connectivity index (χ3v) is 3.78. The van der Waals surface area contributed by atoms with Crippen LogP contribution in [0.25, 0.3) is 0 Å². The third kappa shape index (κ3) is 4.84. The molecule has 1 aromatic heterocycles. The van der Waals surface area contributed by atoms with E-state index in [1.807, 2.05) is 42.5 Å². The van der Waals surface area contributed by atoms with Crippen LogP contribution in [0, 0.1) is 0 Å². The second-order valence-electron chi connectivity index (χ2n) is 5.62. The SMILES string of the molecule is COc1ccc(CCNc2cc(NN)nc(Nc3ccccc3)n2)cc1. The van der Waals surface area contributed by atoms with Gasteiger partial charge < -0.3 is 20.8 Å². The van der Waals surface area contributed by atoms with Crippen molar-refractivity contribution in [1.29, 1.82) is 0 Å². The van der Waals surface area contributed by atoms with Gasteiger partial charge in [-0.2, -0.15) is 9.97 Å². The number of nitrogens with zero attached hydrogens (tertiary/aromatic N) is 2. The number of anilines is 4. The highest BCUT2D eigenvalue weighted by atomic mass is 16.5. The first-order valence-electron chi connectivity index (χ1n) is 8.31. The zero-order valence-corrected chi connectivity index (χ0v) is 14.6. The number of hydrazine groups is 1. The molecule has 0 saturated carbocycles. The molecule has 0 saturated heterocycles. The van der Waals surface area contributed by atoms with Crippen LogP contribution in [0.4, 0.5) is 23.3 Å². The Morgan fingerprint density at radius 2 is 1.69 bits per heavy atom. The van der Waals surface area contributed by atoms with Crippen molar-refractivity contribution in [3.63, 3.8) is 0 Å². The molecule has 0 aliphatic carbocycles. The number of rotatable bonds is 8. The van der Waals surface area contributed by atoms with Gasteiger partial charge in [-0.25, -0.2) is 5.84 Å². The van der Waals surface area contributed by atoms with Crippen LogP contribution in [0.1, 0.15) is 5.56 Å². The molecule has 7 nitrogen and oxygen atoms in total. The van der Waals surface area contributed by atoms with Crippen LogP contribution < -0.4 is 26.6 Å². The number of benzene rings is 2. The van der Waals surface area contributed by atoms with Gasteiger partial charge in [-0.1, -0.05) is 30.3 Å². The standard InChI is InChI=1S/C19H22N6O/c1-26-16-9-7-14(8-10-16)11-12-21-17-13-18(25-20)24-19(23-17)22-15-5-3-2-4-6-15/h2-10,13H,11-12,20H2,1H3,(H3,21,22,23,24,25). The van der Waals surface area contributed by atoms with Crippen molar-refractivity contribution in [3.05, 3.63) is 66.2 Å². The van der Waals surface area contributed by atoms with Gasteiger partial charge >= 0.3 is 0 Å². The van der Waals surface area contributed by atoms with Crippen LogP contribution in [0.15, 0.2) is 60.7 Å². The minimum atomic E-state index is 0.471. The highest BCUT2D eigenvalue weighted by molar-refractivity contribution is 5.58. The molecule has 0 radical (unpaired) electrons. The molecule has 0 aliphatic heterocycles. The molecule has 0 aliphatic rings. The second-order valence-corrected chi connectivity index (χ2v) is 5.62. The molecule has 7 heteroatoms. The van der Waals surface area contributed by atoms with Crippen LogP contribution >= 0.6 is 0 Å². The maximum absolute atomic E-state index is 5.52. The topological polar surface area (TPSA) is 97.1 Å². The maximum Gasteiger partial charge on any atom is 0.231 e. The van der Waals surface area contributed by atoms with Gasteiger partial charge in [0.15, 0.2) is 0 Å². The van der Waals surface area contributed by atoms with E-state index in [4.69, 9.17) is 10.6 Å². The van der Waals surface area contributed by atoms with E-state index in [2.05, 4.69) is 38.2 Å². The lowest BCUT2D eigenvalue weighted by Gasteiger charge is -2.11. The number of methoxy groups -OCH3 is 1. The van der Waals surface area contributed by atoms with Crippen molar-refractivity contribution >= 4 is 23.3 Å². The van der Waals surface area contributed by atoms with Crippen molar-refractivity contribution in [2.75, 3.05) is 29.7 Å². The van der Waals surface area contributed by atoms with E-state index in [0.29, 0.717) is 17.6 Å². The lowest BCUT2D eigenvalue weighted by Crippen LogP contribution is -2.13. The number of hydrogen-bond acceptors (Lipinski definition) is 7. The van der Waals surface area contributed by atoms with E-state index < -0.39 is 0 Å². The number of aromatic nitrogens is 2. The lowest BCUT2D eigenvalue weighted by atomic mass is 10.1. The van der Waals surface area contributed by atoms with Gasteiger partial charge in [-0.3, -0.25) is 0 Å². The molecular formula is C19H22N6O. The van der Waals surface area contributed by atoms with E-state index in [1.165, 1.54) is 5.56 Å². The van der Waals surface area contributed by atoms with Crippen molar-refractivity contribution in [3.8, 4) is 5.75 Å². The highest BCUT2D eigenvalue weighted by Gasteiger charge is 2.05. The Labute approximate surface area is 152 Å². The van der Waals surface area contributed by atoms with E-state index in [9.17, 15) is 0 Å². The molecule has 0 amide bonds. The summed E-state index contributed by atoms with van der Waals surface area (Å²) in [6.45, 7) is 0.734. The van der Waals surface area contributed by atoms with Crippen LogP contribution in [0.5, 0.6) is 5.75 Å². The minimum absolute atomic E-state index is 0.471. The van der Waals surface area contributed by atoms with Crippen LogP contribution in [-0.4, -0.2) is 23.6 Å². The van der Waals surface area contributed by atoms with E-state index >= 15 is 0 Å². The fraction of sp³-hybridized carbons (Fsp3) is 0.158. The maximum atomic E-state index is 5.52. The number of nitrogen functional groups attached to an aromatic ring is 1. The average molecular weight is 350 g/mol. The van der Waals surface area contributed by atoms with Crippen molar-refractivity contribution in [1.82, 2.24) is 9.97 Å². The van der Waals surface area contributed by atoms with Gasteiger partial charge in [-0.05, 0) is 36.2 Å². The summed E-state index contributed by atoms with van der Waals surface area (Å²) in [6, 6.07) is 19.5. The van der Waals surface area contributed by atoms with Gasteiger partial charge in [-0.15, -0.1) is 0 Å². The molecule has 1 heterocycles. The average Bonchev–Trinajstić information content (AvgIpc) is 2.69. The Morgan fingerprint density at radius 1 is 0.962 bits per heavy atom. The first-order chi connectivity index (χ1) is 12.8. The molecule has 5 N–H and O–H groups in total. The summed E-state index contributed by atoms with van der Waals surface area (Å²) in [5.74, 6) is 8.07. The fourth-order valence-electron chi connectivity index (χ4n) is 2.45. The largest absolute Gasteiger partial charge is 0.497 e. The summed E-state index contributed by atoms with van der Waals surface area (Å²) >= 11 is 0. The minimum Gasteiger partial charge on any atom is -0.497 e. The van der Waals surface area contributed by atoms with Crippen LogP contribution in [0.2, 0.25) is 0 Å². The zero-order chi connectivity index (χ0) is 18.2.